The van der Waals surface area contributed by atoms with Gasteiger partial charge in [-0.2, -0.15) is 0 Å². The molecule has 0 fully saturated rings. The fourth-order valence-corrected chi connectivity index (χ4v) is 3.71. The highest BCUT2D eigenvalue weighted by Gasteiger charge is 2.25. The van der Waals surface area contributed by atoms with Crippen molar-refractivity contribution in [2.45, 2.75) is 32.5 Å². The van der Waals surface area contributed by atoms with Crippen LogP contribution in [0.5, 0.6) is 0 Å². The second-order valence-electron chi connectivity index (χ2n) is 4.46. The van der Waals surface area contributed by atoms with Gasteiger partial charge in [0.2, 0.25) is 0 Å². The predicted octanol–water partition coefficient (Wildman–Crippen LogP) is 1.54. The van der Waals surface area contributed by atoms with Gasteiger partial charge in [-0.3, -0.25) is 14.5 Å². The molecule has 0 N–H and O–H groups in total. The Morgan fingerprint density at radius 2 is 1.81 bits per heavy atom. The first-order chi connectivity index (χ1) is 7.46. The lowest BCUT2D eigenvalue weighted by atomic mass is 10.4. The number of rotatable bonds is 6. The molecule has 2 amide bonds. The molecule has 1 aliphatic heterocycles. The van der Waals surface area contributed by atoms with E-state index in [9.17, 15) is 9.59 Å². The van der Waals surface area contributed by atoms with E-state index in [-0.39, 0.29) is 11.8 Å². The first-order valence-corrected chi connectivity index (χ1v) is 8.75. The second-order valence-corrected chi connectivity index (χ2v) is 8.77. The topological polar surface area (TPSA) is 46.6 Å². The van der Waals surface area contributed by atoms with Crippen LogP contribution in [0.2, 0.25) is 19.1 Å². The zero-order valence-corrected chi connectivity index (χ0v) is 11.2. The fourth-order valence-electron chi connectivity index (χ4n) is 1.78. The lowest BCUT2D eigenvalue weighted by molar-refractivity contribution is -0.136. The van der Waals surface area contributed by atoms with Crippen LogP contribution < -0.4 is 0 Å². The minimum absolute atomic E-state index is 0.194. The van der Waals surface area contributed by atoms with E-state index >= 15 is 0 Å². The van der Waals surface area contributed by atoms with Crippen molar-refractivity contribution in [1.82, 2.24) is 4.90 Å². The van der Waals surface area contributed by atoms with Crippen molar-refractivity contribution in [3.8, 4) is 0 Å². The Kier molecular flexibility index (Phi) is 4.43. The normalized spacial score (nSPS) is 16.3. The summed E-state index contributed by atoms with van der Waals surface area (Å²) in [6.45, 7) is 7.55. The third kappa shape index (κ3) is 3.57. The van der Waals surface area contributed by atoms with Gasteiger partial charge < -0.3 is 4.43 Å². The Morgan fingerprint density at radius 1 is 1.25 bits per heavy atom. The SMILES string of the molecule is CCO[Si](C)(C)CCCN1C(=O)C=CC1=O. The third-order valence-electron chi connectivity index (χ3n) is 2.60. The van der Waals surface area contributed by atoms with Crippen LogP contribution in [-0.2, 0) is 14.0 Å². The summed E-state index contributed by atoms with van der Waals surface area (Å²) in [4.78, 5) is 23.8. The largest absolute Gasteiger partial charge is 0.418 e. The molecule has 0 aliphatic carbocycles. The molecule has 0 aromatic carbocycles. The molecule has 0 atom stereocenters. The molecule has 0 saturated heterocycles. The molecule has 1 heterocycles. The fraction of sp³-hybridized carbons (Fsp3) is 0.636. The maximum atomic E-state index is 11.3. The Balaban J connectivity index is 2.31. The van der Waals surface area contributed by atoms with Crippen LogP contribution in [-0.4, -0.2) is 38.2 Å². The summed E-state index contributed by atoms with van der Waals surface area (Å²) in [5, 5.41) is 0. The molecule has 0 saturated carbocycles. The van der Waals surface area contributed by atoms with Crippen molar-refractivity contribution in [2.24, 2.45) is 0 Å². The molecule has 5 heteroatoms. The molecule has 1 aliphatic rings. The van der Waals surface area contributed by atoms with Crippen molar-refractivity contribution in [3.63, 3.8) is 0 Å². The van der Waals surface area contributed by atoms with Gasteiger partial charge in [0.25, 0.3) is 11.8 Å². The predicted molar refractivity (Wildman–Crippen MR) is 64.4 cm³/mol. The minimum atomic E-state index is -1.59. The monoisotopic (exact) mass is 241 g/mol. The molecule has 0 unspecified atom stereocenters. The van der Waals surface area contributed by atoms with Crippen molar-refractivity contribution in [2.75, 3.05) is 13.2 Å². The van der Waals surface area contributed by atoms with Gasteiger partial charge in [-0.25, -0.2) is 0 Å². The van der Waals surface area contributed by atoms with E-state index in [4.69, 9.17) is 4.43 Å². The summed E-state index contributed by atoms with van der Waals surface area (Å²) >= 11 is 0. The summed E-state index contributed by atoms with van der Waals surface area (Å²) in [5.41, 5.74) is 0. The molecule has 16 heavy (non-hydrogen) atoms. The molecule has 90 valence electrons. The van der Waals surface area contributed by atoms with Gasteiger partial charge in [-0.15, -0.1) is 0 Å². The van der Waals surface area contributed by atoms with Crippen LogP contribution in [0.1, 0.15) is 13.3 Å². The number of carbonyl (C=O) groups is 2. The Bertz CT molecular complexity index is 294. The maximum Gasteiger partial charge on any atom is 0.253 e. The van der Waals surface area contributed by atoms with E-state index in [1.165, 1.54) is 17.1 Å². The van der Waals surface area contributed by atoms with Crippen LogP contribution in [0.4, 0.5) is 0 Å². The van der Waals surface area contributed by atoms with Crippen LogP contribution in [0.25, 0.3) is 0 Å². The summed E-state index contributed by atoms with van der Waals surface area (Å²) < 4.78 is 5.68. The Morgan fingerprint density at radius 3 is 2.31 bits per heavy atom. The minimum Gasteiger partial charge on any atom is -0.418 e. The first kappa shape index (κ1) is 13.1. The van der Waals surface area contributed by atoms with E-state index in [0.29, 0.717) is 6.54 Å². The molecule has 4 nitrogen and oxygen atoms in total. The van der Waals surface area contributed by atoms with Crippen LogP contribution in [0.15, 0.2) is 12.2 Å². The van der Waals surface area contributed by atoms with Crippen molar-refractivity contribution in [3.05, 3.63) is 12.2 Å². The number of carbonyl (C=O) groups excluding carboxylic acids is 2. The van der Waals surface area contributed by atoms with Gasteiger partial charge in [0.15, 0.2) is 8.32 Å². The van der Waals surface area contributed by atoms with Crippen LogP contribution in [0.3, 0.4) is 0 Å². The van der Waals surface area contributed by atoms with Crippen molar-refractivity contribution in [1.29, 1.82) is 0 Å². The standard InChI is InChI=1S/C11H19NO3Si/c1-4-15-16(2,3)9-5-8-12-10(13)6-7-11(12)14/h6-7H,4-5,8-9H2,1-3H3. The third-order valence-corrected chi connectivity index (χ3v) is 5.22. The number of hydrogen-bond donors (Lipinski definition) is 0. The van der Waals surface area contributed by atoms with Crippen LogP contribution in [0, 0.1) is 0 Å². The summed E-state index contributed by atoms with van der Waals surface area (Å²) in [6, 6.07) is 0.970. The molecule has 0 aromatic heterocycles. The average Bonchev–Trinajstić information content (AvgIpc) is 2.48. The molecular weight excluding hydrogens is 222 g/mol. The zero-order valence-electron chi connectivity index (χ0n) is 10.2. The Labute approximate surface area is 97.4 Å². The number of nitrogens with zero attached hydrogens (tertiary/aromatic N) is 1. The van der Waals surface area contributed by atoms with E-state index in [0.717, 1.165) is 19.1 Å². The van der Waals surface area contributed by atoms with E-state index in [2.05, 4.69) is 13.1 Å². The molecule has 1 rings (SSSR count). The van der Waals surface area contributed by atoms with E-state index in [1.54, 1.807) is 0 Å². The lowest BCUT2D eigenvalue weighted by Gasteiger charge is -2.23. The first-order valence-electron chi connectivity index (χ1n) is 5.64. The summed E-state index contributed by atoms with van der Waals surface area (Å²) in [7, 11) is -1.59. The molecule has 0 spiro atoms. The summed E-state index contributed by atoms with van der Waals surface area (Å²) in [5.74, 6) is -0.387. The number of amides is 2. The highest BCUT2D eigenvalue weighted by Crippen LogP contribution is 2.15. The lowest BCUT2D eigenvalue weighted by Crippen LogP contribution is -2.34. The quantitative estimate of drug-likeness (QED) is 0.523. The van der Waals surface area contributed by atoms with E-state index in [1.807, 2.05) is 6.92 Å². The zero-order chi connectivity index (χ0) is 12.2. The van der Waals surface area contributed by atoms with Gasteiger partial charge in [-0.1, -0.05) is 0 Å². The Hall–Kier alpha value is -0.943. The van der Waals surface area contributed by atoms with Gasteiger partial charge in [0.05, 0.1) is 0 Å². The number of hydrogen-bond acceptors (Lipinski definition) is 3. The molecule has 0 aromatic rings. The van der Waals surface area contributed by atoms with Gasteiger partial charge in [0.1, 0.15) is 0 Å². The smallest absolute Gasteiger partial charge is 0.253 e. The van der Waals surface area contributed by atoms with Crippen LogP contribution >= 0.6 is 0 Å². The molecule has 0 bridgehead atoms. The van der Waals surface area contributed by atoms with Crippen molar-refractivity contribution < 1.29 is 14.0 Å². The van der Waals surface area contributed by atoms with E-state index < -0.39 is 8.32 Å². The summed E-state index contributed by atoms with van der Waals surface area (Å²) in [6.07, 6.45) is 3.49. The molecule has 0 radical (unpaired) electrons. The molecular formula is C11H19NO3Si. The van der Waals surface area contributed by atoms with Gasteiger partial charge in [0, 0.05) is 25.3 Å². The average molecular weight is 241 g/mol. The van der Waals surface area contributed by atoms with Crippen molar-refractivity contribution >= 4 is 20.1 Å². The van der Waals surface area contributed by atoms with Gasteiger partial charge in [-0.05, 0) is 32.5 Å². The van der Waals surface area contributed by atoms with Gasteiger partial charge >= 0.3 is 0 Å². The number of imide groups is 1. The maximum absolute atomic E-state index is 11.3. The second kappa shape index (κ2) is 5.40. The highest BCUT2D eigenvalue weighted by molar-refractivity contribution is 6.71. The highest BCUT2D eigenvalue weighted by atomic mass is 28.4.